The summed E-state index contributed by atoms with van der Waals surface area (Å²) in [5, 5.41) is 6.15. The second kappa shape index (κ2) is 11.1. The van der Waals surface area contributed by atoms with Gasteiger partial charge in [0.05, 0.1) is 4.90 Å². The number of piperidine rings is 2. The monoisotopic (exact) mass is 490 g/mol. The zero-order chi connectivity index (χ0) is 24.1. The van der Waals surface area contributed by atoms with E-state index >= 15 is 0 Å². The molecule has 8 nitrogen and oxygen atoms in total. The molecule has 3 fully saturated rings. The molecule has 1 aromatic carbocycles. The molecule has 2 saturated heterocycles. The van der Waals surface area contributed by atoms with Gasteiger partial charge in [-0.1, -0.05) is 31.7 Å². The number of benzene rings is 1. The van der Waals surface area contributed by atoms with E-state index in [0.29, 0.717) is 38.0 Å². The third-order valence-electron chi connectivity index (χ3n) is 7.49. The van der Waals surface area contributed by atoms with E-state index in [1.54, 1.807) is 27.4 Å². The minimum atomic E-state index is -3.62. The van der Waals surface area contributed by atoms with E-state index in [1.807, 2.05) is 6.92 Å². The summed E-state index contributed by atoms with van der Waals surface area (Å²) in [4.78, 5) is 27.4. The van der Waals surface area contributed by atoms with Gasteiger partial charge in [0.25, 0.3) is 5.91 Å². The Morgan fingerprint density at radius 3 is 2.18 bits per heavy atom. The molecule has 0 bridgehead atoms. The van der Waals surface area contributed by atoms with Crippen molar-refractivity contribution in [1.82, 2.24) is 19.8 Å². The van der Waals surface area contributed by atoms with Crippen molar-refractivity contribution in [3.63, 3.8) is 0 Å². The largest absolute Gasteiger partial charge is 0.338 e. The van der Waals surface area contributed by atoms with E-state index in [2.05, 4.69) is 10.6 Å². The van der Waals surface area contributed by atoms with Gasteiger partial charge in [-0.2, -0.15) is 4.31 Å². The lowest BCUT2D eigenvalue weighted by molar-refractivity contribution is 0.0708. The van der Waals surface area contributed by atoms with Gasteiger partial charge in [0.15, 0.2) is 0 Å². The number of nitrogens with zero attached hydrogens (tertiary/aromatic N) is 2. The molecule has 1 atom stereocenters. The fourth-order valence-corrected chi connectivity index (χ4v) is 7.17. The maximum absolute atomic E-state index is 13.2. The Labute approximate surface area is 203 Å². The maximum Gasteiger partial charge on any atom is 0.315 e. The number of sulfonamides is 1. The molecule has 0 spiro atoms. The number of carbonyl (C=O) groups excluding carboxylic acids is 2. The molecule has 34 heavy (non-hydrogen) atoms. The predicted molar refractivity (Wildman–Crippen MR) is 131 cm³/mol. The first-order valence-electron chi connectivity index (χ1n) is 12.8. The molecular formula is C25H38N4O4S. The predicted octanol–water partition coefficient (Wildman–Crippen LogP) is 3.49. The van der Waals surface area contributed by atoms with E-state index in [1.165, 1.54) is 25.3 Å². The fourth-order valence-electron chi connectivity index (χ4n) is 5.42. The van der Waals surface area contributed by atoms with Crippen LogP contribution in [0.5, 0.6) is 0 Å². The van der Waals surface area contributed by atoms with Crippen molar-refractivity contribution in [2.45, 2.75) is 94.2 Å². The summed E-state index contributed by atoms with van der Waals surface area (Å²) in [5.41, 5.74) is 0.396. The SMILES string of the molecule is CC1CCCCN1S(=O)(=O)c1cccc(C(=O)N2CCC(NC(=O)NC3CCCCC3)CC2)c1. The fraction of sp³-hybridized carbons (Fsp3) is 0.680. The van der Waals surface area contributed by atoms with Gasteiger partial charge in [-0.05, 0) is 63.6 Å². The highest BCUT2D eigenvalue weighted by atomic mass is 32.2. The van der Waals surface area contributed by atoms with Crippen LogP contribution >= 0.6 is 0 Å². The van der Waals surface area contributed by atoms with Crippen molar-refractivity contribution < 1.29 is 18.0 Å². The summed E-state index contributed by atoms with van der Waals surface area (Å²) >= 11 is 0. The van der Waals surface area contributed by atoms with Gasteiger partial charge in [-0.25, -0.2) is 13.2 Å². The average Bonchev–Trinajstić information content (AvgIpc) is 2.85. The molecule has 0 aromatic heterocycles. The first kappa shape index (κ1) is 25.0. The third-order valence-corrected chi connectivity index (χ3v) is 9.50. The minimum Gasteiger partial charge on any atom is -0.338 e. The highest BCUT2D eigenvalue weighted by Gasteiger charge is 2.32. The molecule has 2 heterocycles. The Morgan fingerprint density at radius 2 is 1.50 bits per heavy atom. The number of amides is 3. The van der Waals surface area contributed by atoms with E-state index in [-0.39, 0.29) is 35.0 Å². The first-order chi connectivity index (χ1) is 16.3. The molecule has 2 aliphatic heterocycles. The molecule has 0 radical (unpaired) electrons. The summed E-state index contributed by atoms with van der Waals surface area (Å²) in [6.45, 7) is 3.54. The van der Waals surface area contributed by atoms with E-state index in [4.69, 9.17) is 0 Å². The number of likely N-dealkylation sites (tertiary alicyclic amines) is 1. The molecule has 1 aromatic rings. The molecule has 2 N–H and O–H groups in total. The van der Waals surface area contributed by atoms with Crippen LogP contribution in [-0.4, -0.2) is 67.3 Å². The topological polar surface area (TPSA) is 98.8 Å². The Morgan fingerprint density at radius 1 is 0.853 bits per heavy atom. The molecule has 4 rings (SSSR count). The van der Waals surface area contributed by atoms with Crippen LogP contribution in [0.2, 0.25) is 0 Å². The zero-order valence-corrected chi connectivity index (χ0v) is 21.0. The molecule has 3 amide bonds. The molecule has 1 aliphatic carbocycles. The smallest absolute Gasteiger partial charge is 0.315 e. The summed E-state index contributed by atoms with van der Waals surface area (Å²) in [5.74, 6) is -0.158. The van der Waals surface area contributed by atoms with Crippen molar-refractivity contribution in [1.29, 1.82) is 0 Å². The summed E-state index contributed by atoms with van der Waals surface area (Å²) in [6, 6.07) is 6.60. The van der Waals surface area contributed by atoms with Crippen LogP contribution in [0.25, 0.3) is 0 Å². The van der Waals surface area contributed by atoms with Gasteiger partial charge in [0.1, 0.15) is 0 Å². The van der Waals surface area contributed by atoms with Crippen LogP contribution in [0.15, 0.2) is 29.2 Å². The van der Waals surface area contributed by atoms with Crippen molar-refractivity contribution in [3.05, 3.63) is 29.8 Å². The quantitative estimate of drug-likeness (QED) is 0.660. The van der Waals surface area contributed by atoms with Crippen LogP contribution < -0.4 is 10.6 Å². The van der Waals surface area contributed by atoms with Gasteiger partial charge < -0.3 is 15.5 Å². The molecule has 1 saturated carbocycles. The molecular weight excluding hydrogens is 452 g/mol. The number of hydrogen-bond acceptors (Lipinski definition) is 4. The first-order valence-corrected chi connectivity index (χ1v) is 14.3. The van der Waals surface area contributed by atoms with Gasteiger partial charge >= 0.3 is 6.03 Å². The lowest BCUT2D eigenvalue weighted by Gasteiger charge is -2.33. The second-order valence-electron chi connectivity index (χ2n) is 10.0. The van der Waals surface area contributed by atoms with Gasteiger partial charge in [-0.15, -0.1) is 0 Å². The lowest BCUT2D eigenvalue weighted by atomic mass is 9.96. The van der Waals surface area contributed by atoms with Crippen LogP contribution in [-0.2, 0) is 10.0 Å². The average molecular weight is 491 g/mol. The zero-order valence-electron chi connectivity index (χ0n) is 20.2. The maximum atomic E-state index is 13.2. The van der Waals surface area contributed by atoms with Crippen molar-refractivity contribution in [3.8, 4) is 0 Å². The standard InChI is InChI=1S/C25H38N4O4S/c1-19-8-5-6-15-29(19)34(32,33)23-12-7-9-20(18-23)24(30)28-16-13-22(14-17-28)27-25(31)26-21-10-3-2-4-11-21/h7,9,12,18-19,21-22H,2-6,8,10-11,13-17H2,1H3,(H2,26,27,31). The number of nitrogens with one attached hydrogen (secondary N) is 2. The lowest BCUT2D eigenvalue weighted by Crippen LogP contribution is -2.51. The van der Waals surface area contributed by atoms with Crippen LogP contribution in [0, 0.1) is 0 Å². The second-order valence-corrected chi connectivity index (χ2v) is 11.9. The molecule has 9 heteroatoms. The van der Waals surface area contributed by atoms with Crippen molar-refractivity contribution in [2.75, 3.05) is 19.6 Å². The highest BCUT2D eigenvalue weighted by molar-refractivity contribution is 7.89. The van der Waals surface area contributed by atoms with Crippen LogP contribution in [0.3, 0.4) is 0 Å². The normalized spacial score (nSPS) is 23.4. The van der Waals surface area contributed by atoms with Crippen LogP contribution in [0.1, 0.15) is 81.5 Å². The summed E-state index contributed by atoms with van der Waals surface area (Å²) in [6.07, 6.45) is 9.83. The Kier molecular flexibility index (Phi) is 8.14. The Balaban J connectivity index is 1.32. The van der Waals surface area contributed by atoms with Crippen LogP contribution in [0.4, 0.5) is 4.79 Å². The van der Waals surface area contributed by atoms with Gasteiger partial charge in [0.2, 0.25) is 10.0 Å². The molecule has 3 aliphatic rings. The van der Waals surface area contributed by atoms with Crippen molar-refractivity contribution >= 4 is 22.0 Å². The Bertz CT molecular complexity index is 969. The number of rotatable bonds is 5. The van der Waals surface area contributed by atoms with E-state index in [9.17, 15) is 18.0 Å². The van der Waals surface area contributed by atoms with Gasteiger partial charge in [-0.3, -0.25) is 4.79 Å². The number of urea groups is 1. The highest BCUT2D eigenvalue weighted by Crippen LogP contribution is 2.26. The number of hydrogen-bond donors (Lipinski definition) is 2. The Hall–Kier alpha value is -2.13. The minimum absolute atomic E-state index is 0.0278. The summed E-state index contributed by atoms with van der Waals surface area (Å²) in [7, 11) is -3.62. The van der Waals surface area contributed by atoms with E-state index < -0.39 is 10.0 Å². The number of carbonyl (C=O) groups is 2. The summed E-state index contributed by atoms with van der Waals surface area (Å²) < 4.78 is 27.9. The van der Waals surface area contributed by atoms with Crippen molar-refractivity contribution in [2.24, 2.45) is 0 Å². The molecule has 1 unspecified atom stereocenters. The van der Waals surface area contributed by atoms with E-state index in [0.717, 1.165) is 32.1 Å². The van der Waals surface area contributed by atoms with Gasteiger partial charge in [0, 0.05) is 43.3 Å². The molecule has 188 valence electrons. The third kappa shape index (κ3) is 5.92.